The highest BCUT2D eigenvalue weighted by Crippen LogP contribution is 2.22. The zero-order valence-corrected chi connectivity index (χ0v) is 13.6. The van der Waals surface area contributed by atoms with E-state index in [1.165, 1.54) is 16.8 Å². The Morgan fingerprint density at radius 2 is 1.81 bits per heavy atom. The summed E-state index contributed by atoms with van der Waals surface area (Å²) in [7, 11) is 0. The van der Waals surface area contributed by atoms with Gasteiger partial charge in [-0.2, -0.15) is 5.10 Å². The van der Waals surface area contributed by atoms with Crippen molar-refractivity contribution in [2.24, 2.45) is 5.92 Å². The predicted octanol–water partition coefficient (Wildman–Crippen LogP) is 3.95. The number of aryl methyl sites for hydroxylation is 2. The molecule has 1 N–H and O–H groups in total. The van der Waals surface area contributed by atoms with Crippen molar-refractivity contribution in [2.75, 3.05) is 0 Å². The Kier molecular flexibility index (Phi) is 5.57. The second kappa shape index (κ2) is 7.41. The van der Waals surface area contributed by atoms with Gasteiger partial charge in [0, 0.05) is 25.3 Å². The molecule has 1 unspecified atom stereocenters. The lowest BCUT2D eigenvalue weighted by molar-refractivity contribution is 0.402. The van der Waals surface area contributed by atoms with Crippen molar-refractivity contribution in [1.82, 2.24) is 15.1 Å². The van der Waals surface area contributed by atoms with E-state index in [4.69, 9.17) is 0 Å². The van der Waals surface area contributed by atoms with Gasteiger partial charge >= 0.3 is 0 Å². The minimum Gasteiger partial charge on any atom is -0.304 e. The zero-order chi connectivity index (χ0) is 15.2. The summed E-state index contributed by atoms with van der Waals surface area (Å²) in [6.45, 7) is 10.6. The number of hydrogen-bond acceptors (Lipinski definition) is 2. The van der Waals surface area contributed by atoms with E-state index in [1.807, 2.05) is 10.9 Å². The average Bonchev–Trinajstić information content (AvgIpc) is 2.95. The maximum atomic E-state index is 4.33. The number of hydrogen-bond donors (Lipinski definition) is 1. The van der Waals surface area contributed by atoms with Crippen LogP contribution < -0.4 is 5.32 Å². The van der Waals surface area contributed by atoms with Crippen LogP contribution in [0.15, 0.2) is 36.5 Å². The van der Waals surface area contributed by atoms with Crippen LogP contribution >= 0.6 is 0 Å². The fourth-order valence-corrected chi connectivity index (χ4v) is 2.71. The summed E-state index contributed by atoms with van der Waals surface area (Å²) in [5, 5.41) is 8.02. The van der Waals surface area contributed by atoms with E-state index < -0.39 is 0 Å². The number of nitrogens with one attached hydrogen (secondary N) is 1. The second-order valence-corrected chi connectivity index (χ2v) is 5.84. The van der Waals surface area contributed by atoms with E-state index in [9.17, 15) is 0 Å². The molecule has 1 atom stereocenters. The van der Waals surface area contributed by atoms with Crippen LogP contribution in [0.4, 0.5) is 0 Å². The molecule has 0 amide bonds. The predicted molar refractivity (Wildman–Crippen MR) is 88.1 cm³/mol. The lowest BCUT2D eigenvalue weighted by Crippen LogP contribution is -2.26. The SMILES string of the molecule is CCc1ccc(C(NCc2ccnn2CC)C(C)C)cc1. The van der Waals surface area contributed by atoms with Crippen LogP contribution in [0, 0.1) is 5.92 Å². The zero-order valence-electron chi connectivity index (χ0n) is 13.6. The minimum atomic E-state index is 0.371. The largest absolute Gasteiger partial charge is 0.304 e. The standard InChI is InChI=1S/C18H27N3/c1-5-15-7-9-16(10-8-15)18(14(3)4)19-13-17-11-12-20-21(17)6-2/h7-12,14,18-19H,5-6,13H2,1-4H3. The van der Waals surface area contributed by atoms with Gasteiger partial charge in [-0.3, -0.25) is 4.68 Å². The van der Waals surface area contributed by atoms with E-state index in [1.54, 1.807) is 0 Å². The van der Waals surface area contributed by atoms with Crippen molar-refractivity contribution in [1.29, 1.82) is 0 Å². The van der Waals surface area contributed by atoms with Crippen molar-refractivity contribution in [3.8, 4) is 0 Å². The van der Waals surface area contributed by atoms with Crippen molar-refractivity contribution in [3.05, 3.63) is 53.3 Å². The third-order valence-corrected chi connectivity index (χ3v) is 4.02. The lowest BCUT2D eigenvalue weighted by Gasteiger charge is -2.23. The van der Waals surface area contributed by atoms with Gasteiger partial charge in [0.15, 0.2) is 0 Å². The summed E-state index contributed by atoms with van der Waals surface area (Å²) in [6, 6.07) is 11.5. The molecular formula is C18H27N3. The molecule has 0 spiro atoms. The summed E-state index contributed by atoms with van der Waals surface area (Å²) in [5.41, 5.74) is 4.00. The maximum absolute atomic E-state index is 4.33. The number of nitrogens with zero attached hydrogens (tertiary/aromatic N) is 2. The fourth-order valence-electron chi connectivity index (χ4n) is 2.71. The summed E-state index contributed by atoms with van der Waals surface area (Å²) >= 11 is 0. The van der Waals surface area contributed by atoms with E-state index >= 15 is 0 Å². The third-order valence-electron chi connectivity index (χ3n) is 4.02. The van der Waals surface area contributed by atoms with E-state index in [2.05, 4.69) is 68.4 Å². The average molecular weight is 285 g/mol. The maximum Gasteiger partial charge on any atom is 0.0522 e. The van der Waals surface area contributed by atoms with Gasteiger partial charge in [0.05, 0.1) is 5.69 Å². The van der Waals surface area contributed by atoms with Crippen molar-refractivity contribution in [2.45, 2.75) is 53.2 Å². The lowest BCUT2D eigenvalue weighted by atomic mass is 9.95. The number of aromatic nitrogens is 2. The van der Waals surface area contributed by atoms with Crippen molar-refractivity contribution >= 4 is 0 Å². The molecule has 0 fully saturated rings. The van der Waals surface area contributed by atoms with Gasteiger partial charge in [-0.05, 0) is 36.5 Å². The molecule has 0 aliphatic heterocycles. The first kappa shape index (κ1) is 15.8. The molecule has 1 heterocycles. The molecule has 114 valence electrons. The summed E-state index contributed by atoms with van der Waals surface area (Å²) < 4.78 is 2.05. The highest BCUT2D eigenvalue weighted by molar-refractivity contribution is 5.25. The quantitative estimate of drug-likeness (QED) is 0.834. The molecule has 21 heavy (non-hydrogen) atoms. The molecule has 1 aromatic carbocycles. The molecule has 3 heteroatoms. The van der Waals surface area contributed by atoms with Crippen LogP contribution in [0.25, 0.3) is 0 Å². The molecule has 3 nitrogen and oxygen atoms in total. The van der Waals surface area contributed by atoms with Crippen LogP contribution in [0.2, 0.25) is 0 Å². The van der Waals surface area contributed by atoms with Gasteiger partial charge in [-0.1, -0.05) is 45.0 Å². The highest BCUT2D eigenvalue weighted by Gasteiger charge is 2.15. The van der Waals surface area contributed by atoms with Crippen LogP contribution in [0.5, 0.6) is 0 Å². The van der Waals surface area contributed by atoms with Crippen LogP contribution in [-0.2, 0) is 19.5 Å². The molecular weight excluding hydrogens is 258 g/mol. The molecule has 2 aromatic rings. The number of rotatable bonds is 7. The van der Waals surface area contributed by atoms with Crippen molar-refractivity contribution in [3.63, 3.8) is 0 Å². The van der Waals surface area contributed by atoms with Gasteiger partial charge in [-0.25, -0.2) is 0 Å². The fraction of sp³-hybridized carbons (Fsp3) is 0.500. The molecule has 0 bridgehead atoms. The van der Waals surface area contributed by atoms with Crippen molar-refractivity contribution < 1.29 is 0 Å². The smallest absolute Gasteiger partial charge is 0.0522 e. The normalized spacial score (nSPS) is 12.8. The van der Waals surface area contributed by atoms with Gasteiger partial charge in [0.1, 0.15) is 0 Å². The number of benzene rings is 1. The Morgan fingerprint density at radius 1 is 1.10 bits per heavy atom. The van der Waals surface area contributed by atoms with Crippen LogP contribution in [-0.4, -0.2) is 9.78 Å². The first-order valence-corrected chi connectivity index (χ1v) is 7.98. The monoisotopic (exact) mass is 285 g/mol. The molecule has 0 radical (unpaired) electrons. The molecule has 0 aliphatic carbocycles. The van der Waals surface area contributed by atoms with Gasteiger partial charge < -0.3 is 5.32 Å². The summed E-state index contributed by atoms with van der Waals surface area (Å²) in [6.07, 6.45) is 2.97. The first-order chi connectivity index (χ1) is 10.2. The van der Waals surface area contributed by atoms with Crippen LogP contribution in [0.3, 0.4) is 0 Å². The minimum absolute atomic E-state index is 0.371. The van der Waals surface area contributed by atoms with E-state index in [0.717, 1.165) is 19.5 Å². The van der Waals surface area contributed by atoms with E-state index in [-0.39, 0.29) is 0 Å². The molecule has 0 saturated carbocycles. The Hall–Kier alpha value is -1.61. The molecule has 0 aliphatic rings. The molecule has 0 saturated heterocycles. The molecule has 1 aromatic heterocycles. The Bertz CT molecular complexity index is 540. The van der Waals surface area contributed by atoms with Gasteiger partial charge in [0.25, 0.3) is 0 Å². The van der Waals surface area contributed by atoms with Gasteiger partial charge in [0.2, 0.25) is 0 Å². The summed E-state index contributed by atoms with van der Waals surface area (Å²) in [5.74, 6) is 0.551. The highest BCUT2D eigenvalue weighted by atomic mass is 15.3. The van der Waals surface area contributed by atoms with Gasteiger partial charge in [-0.15, -0.1) is 0 Å². The Balaban J connectivity index is 2.08. The summed E-state index contributed by atoms with van der Waals surface area (Å²) in [4.78, 5) is 0. The molecule has 2 rings (SSSR count). The Labute approximate surface area is 128 Å². The first-order valence-electron chi connectivity index (χ1n) is 7.98. The Morgan fingerprint density at radius 3 is 2.38 bits per heavy atom. The van der Waals surface area contributed by atoms with E-state index in [0.29, 0.717) is 12.0 Å². The topological polar surface area (TPSA) is 29.9 Å². The third kappa shape index (κ3) is 3.94. The second-order valence-electron chi connectivity index (χ2n) is 5.84. The van der Waals surface area contributed by atoms with Crippen LogP contribution in [0.1, 0.15) is 50.6 Å².